The minimum atomic E-state index is 0.829. The molecule has 0 aliphatic rings. The molecular weight excluding hydrogens is 448 g/mol. The van der Waals surface area contributed by atoms with E-state index in [1.807, 2.05) is 24.3 Å². The Bertz CT molecular complexity index is 1480. The molecule has 0 bridgehead atoms. The number of rotatable bonds is 6. The molecule has 0 N–H and O–H groups in total. The largest absolute Gasteiger partial charge is 0.456 e. The molecular formula is C36H26O. The molecule has 0 radical (unpaired) electrons. The van der Waals surface area contributed by atoms with E-state index >= 15 is 0 Å². The zero-order valence-electron chi connectivity index (χ0n) is 20.4. The van der Waals surface area contributed by atoms with Crippen LogP contribution in [0.1, 0.15) is 0 Å². The van der Waals surface area contributed by atoms with Crippen LogP contribution >= 0.6 is 0 Å². The summed E-state index contributed by atoms with van der Waals surface area (Å²) in [5, 5.41) is 0. The highest BCUT2D eigenvalue weighted by Crippen LogP contribution is 2.41. The minimum absolute atomic E-state index is 0.829. The van der Waals surface area contributed by atoms with Gasteiger partial charge in [-0.1, -0.05) is 133 Å². The zero-order valence-corrected chi connectivity index (χ0v) is 20.4. The Morgan fingerprint density at radius 1 is 0.270 bits per heavy atom. The highest BCUT2D eigenvalue weighted by atomic mass is 16.5. The van der Waals surface area contributed by atoms with E-state index in [-0.39, 0.29) is 0 Å². The van der Waals surface area contributed by atoms with Gasteiger partial charge < -0.3 is 4.74 Å². The van der Waals surface area contributed by atoms with Gasteiger partial charge in [-0.25, -0.2) is 0 Å². The van der Waals surface area contributed by atoms with Crippen molar-refractivity contribution in [1.82, 2.24) is 0 Å². The molecule has 37 heavy (non-hydrogen) atoms. The molecule has 0 saturated carbocycles. The lowest BCUT2D eigenvalue weighted by molar-refractivity contribution is 0.486. The second-order valence-corrected chi connectivity index (χ2v) is 8.99. The maximum atomic E-state index is 6.73. The highest BCUT2D eigenvalue weighted by molar-refractivity contribution is 5.81. The Morgan fingerprint density at radius 2 is 0.595 bits per heavy atom. The number of ether oxygens (including phenoxy) is 1. The Balaban J connectivity index is 1.47. The van der Waals surface area contributed by atoms with Crippen LogP contribution in [0, 0.1) is 0 Å². The molecule has 1 heteroatoms. The highest BCUT2D eigenvalue weighted by Gasteiger charge is 2.14. The molecule has 0 aromatic heterocycles. The first kappa shape index (κ1) is 22.6. The third kappa shape index (κ3) is 4.94. The van der Waals surface area contributed by atoms with E-state index in [0.29, 0.717) is 0 Å². The van der Waals surface area contributed by atoms with Gasteiger partial charge in [0, 0.05) is 11.1 Å². The Morgan fingerprint density at radius 3 is 0.946 bits per heavy atom. The summed E-state index contributed by atoms with van der Waals surface area (Å²) < 4.78 is 6.73. The van der Waals surface area contributed by atoms with Crippen molar-refractivity contribution in [2.45, 2.75) is 0 Å². The van der Waals surface area contributed by atoms with Crippen LogP contribution in [0.2, 0.25) is 0 Å². The maximum absolute atomic E-state index is 6.73. The molecule has 6 aromatic carbocycles. The minimum Gasteiger partial charge on any atom is -0.456 e. The van der Waals surface area contributed by atoms with Gasteiger partial charge in [0.1, 0.15) is 11.5 Å². The zero-order chi connectivity index (χ0) is 24.9. The van der Waals surface area contributed by atoms with Crippen LogP contribution in [-0.4, -0.2) is 0 Å². The third-order valence-electron chi connectivity index (χ3n) is 6.56. The quantitative estimate of drug-likeness (QED) is 0.233. The molecule has 0 aliphatic carbocycles. The molecule has 0 fully saturated rings. The summed E-state index contributed by atoms with van der Waals surface area (Å²) in [6, 6.07) is 54.7. The summed E-state index contributed by atoms with van der Waals surface area (Å²) in [7, 11) is 0. The van der Waals surface area contributed by atoms with Gasteiger partial charge in [-0.2, -0.15) is 0 Å². The van der Waals surface area contributed by atoms with Crippen molar-refractivity contribution in [3.05, 3.63) is 158 Å². The summed E-state index contributed by atoms with van der Waals surface area (Å²) in [6.07, 6.45) is 0. The molecule has 6 aromatic rings. The number of hydrogen-bond donors (Lipinski definition) is 0. The van der Waals surface area contributed by atoms with Gasteiger partial charge in [0.05, 0.1) is 0 Å². The molecule has 0 amide bonds. The van der Waals surface area contributed by atoms with E-state index in [1.165, 1.54) is 11.1 Å². The lowest BCUT2D eigenvalue weighted by Crippen LogP contribution is -1.93. The van der Waals surface area contributed by atoms with Crippen LogP contribution < -0.4 is 4.74 Å². The second-order valence-electron chi connectivity index (χ2n) is 8.99. The summed E-state index contributed by atoms with van der Waals surface area (Å²) in [5.41, 5.74) is 9.06. The molecule has 0 aliphatic heterocycles. The van der Waals surface area contributed by atoms with Crippen LogP contribution in [0.15, 0.2) is 158 Å². The van der Waals surface area contributed by atoms with Crippen molar-refractivity contribution >= 4 is 0 Å². The molecule has 6 rings (SSSR count). The fourth-order valence-electron chi connectivity index (χ4n) is 4.66. The summed E-state index contributed by atoms with van der Waals surface area (Å²) in [5.74, 6) is 1.66. The van der Waals surface area contributed by atoms with Gasteiger partial charge in [-0.05, 0) is 57.6 Å². The van der Waals surface area contributed by atoms with Gasteiger partial charge in [0.15, 0.2) is 0 Å². The lowest BCUT2D eigenvalue weighted by Gasteiger charge is -2.17. The van der Waals surface area contributed by atoms with E-state index in [4.69, 9.17) is 4.74 Å². The van der Waals surface area contributed by atoms with Crippen molar-refractivity contribution in [2.75, 3.05) is 0 Å². The van der Waals surface area contributed by atoms with Gasteiger partial charge in [-0.3, -0.25) is 0 Å². The van der Waals surface area contributed by atoms with Crippen LogP contribution in [0.25, 0.3) is 44.5 Å². The van der Waals surface area contributed by atoms with Gasteiger partial charge in [0.25, 0.3) is 0 Å². The molecule has 0 spiro atoms. The topological polar surface area (TPSA) is 9.23 Å². The first-order chi connectivity index (χ1) is 18.3. The SMILES string of the molecule is c1ccc(-c2ccc(Oc3ccc(-c4ccccc4)cc3-c3ccccc3)c(-c3ccccc3)c2)cc1. The van der Waals surface area contributed by atoms with Crippen LogP contribution in [0.5, 0.6) is 11.5 Å². The standard InChI is InChI=1S/C36H26O/c1-5-13-27(14-6-1)31-21-23-35(33(25-31)29-17-9-3-10-18-29)37-36-24-22-32(28-15-7-2-8-16-28)26-34(36)30-19-11-4-12-20-30/h1-26H. The normalized spacial score (nSPS) is 10.7. The summed E-state index contributed by atoms with van der Waals surface area (Å²) in [6.45, 7) is 0. The van der Waals surface area contributed by atoms with Gasteiger partial charge >= 0.3 is 0 Å². The monoisotopic (exact) mass is 474 g/mol. The molecule has 0 heterocycles. The van der Waals surface area contributed by atoms with E-state index in [1.54, 1.807) is 0 Å². The Labute approximate surface area is 218 Å². The van der Waals surface area contributed by atoms with Crippen molar-refractivity contribution in [2.24, 2.45) is 0 Å². The third-order valence-corrected chi connectivity index (χ3v) is 6.56. The van der Waals surface area contributed by atoms with Crippen molar-refractivity contribution in [3.63, 3.8) is 0 Å². The maximum Gasteiger partial charge on any atom is 0.135 e. The van der Waals surface area contributed by atoms with Crippen molar-refractivity contribution in [3.8, 4) is 56.0 Å². The predicted molar refractivity (Wildman–Crippen MR) is 155 cm³/mol. The predicted octanol–water partition coefficient (Wildman–Crippen LogP) is 10.1. The number of hydrogen-bond acceptors (Lipinski definition) is 1. The first-order valence-corrected chi connectivity index (χ1v) is 12.5. The Kier molecular flexibility index (Phi) is 6.34. The second kappa shape index (κ2) is 10.4. The summed E-state index contributed by atoms with van der Waals surface area (Å²) in [4.78, 5) is 0. The smallest absolute Gasteiger partial charge is 0.135 e. The average molecular weight is 475 g/mol. The van der Waals surface area contributed by atoms with Crippen molar-refractivity contribution in [1.29, 1.82) is 0 Å². The van der Waals surface area contributed by atoms with E-state index < -0.39 is 0 Å². The average Bonchev–Trinajstić information content (AvgIpc) is 2.99. The molecule has 176 valence electrons. The van der Waals surface area contributed by atoms with E-state index in [0.717, 1.165) is 44.9 Å². The van der Waals surface area contributed by atoms with E-state index in [9.17, 15) is 0 Å². The van der Waals surface area contributed by atoms with Crippen LogP contribution in [-0.2, 0) is 0 Å². The van der Waals surface area contributed by atoms with Gasteiger partial charge in [0.2, 0.25) is 0 Å². The summed E-state index contributed by atoms with van der Waals surface area (Å²) >= 11 is 0. The van der Waals surface area contributed by atoms with Crippen LogP contribution in [0.3, 0.4) is 0 Å². The van der Waals surface area contributed by atoms with Crippen LogP contribution in [0.4, 0.5) is 0 Å². The van der Waals surface area contributed by atoms with Gasteiger partial charge in [-0.15, -0.1) is 0 Å². The van der Waals surface area contributed by atoms with Crippen molar-refractivity contribution < 1.29 is 4.74 Å². The first-order valence-electron chi connectivity index (χ1n) is 12.5. The molecule has 0 unspecified atom stereocenters. The fraction of sp³-hybridized carbons (Fsp3) is 0. The lowest BCUT2D eigenvalue weighted by atomic mass is 9.97. The molecule has 0 saturated heterocycles. The Hall–Kier alpha value is -4.88. The molecule has 0 atom stereocenters. The fourth-order valence-corrected chi connectivity index (χ4v) is 4.66. The van der Waals surface area contributed by atoms with E-state index in [2.05, 4.69) is 133 Å². The number of benzene rings is 6. The molecule has 1 nitrogen and oxygen atoms in total.